The van der Waals surface area contributed by atoms with E-state index in [0.29, 0.717) is 23.5 Å². The van der Waals surface area contributed by atoms with Gasteiger partial charge in [-0.15, -0.1) is 0 Å². The normalized spacial score (nSPS) is 17.6. The van der Waals surface area contributed by atoms with E-state index in [1.165, 1.54) is 0 Å². The molecule has 0 bridgehead atoms. The van der Waals surface area contributed by atoms with Gasteiger partial charge in [0.1, 0.15) is 4.99 Å². The van der Waals surface area contributed by atoms with E-state index >= 15 is 0 Å². The summed E-state index contributed by atoms with van der Waals surface area (Å²) in [6.45, 7) is 2.99. The Balaban J connectivity index is 2.42. The van der Waals surface area contributed by atoms with Crippen molar-refractivity contribution in [3.8, 4) is 0 Å². The Kier molecular flexibility index (Phi) is 4.78. The Morgan fingerprint density at radius 1 is 1.20 bits per heavy atom. The van der Waals surface area contributed by atoms with Crippen LogP contribution in [0, 0.1) is 6.92 Å². The first-order chi connectivity index (χ1) is 9.43. The zero-order chi connectivity index (χ0) is 14.8. The summed E-state index contributed by atoms with van der Waals surface area (Å²) in [6, 6.07) is 5.12. The lowest BCUT2D eigenvalue weighted by Crippen LogP contribution is -2.32. The lowest BCUT2D eigenvalue weighted by atomic mass is 10.1. The molecule has 1 aromatic rings. The third-order valence-corrected chi connectivity index (χ3v) is 5.93. The minimum atomic E-state index is -3.45. The third-order valence-electron chi connectivity index (χ3n) is 3.66. The molecule has 1 heterocycles. The van der Waals surface area contributed by atoms with Crippen molar-refractivity contribution in [1.29, 1.82) is 0 Å². The number of hydrogen-bond donors (Lipinski definition) is 1. The second kappa shape index (κ2) is 6.20. The monoisotopic (exact) mass is 312 g/mol. The van der Waals surface area contributed by atoms with Crippen LogP contribution in [0.3, 0.4) is 0 Å². The molecule has 0 aliphatic carbocycles. The molecule has 0 amide bonds. The summed E-state index contributed by atoms with van der Waals surface area (Å²) in [5.74, 6) is 0. The van der Waals surface area contributed by atoms with Gasteiger partial charge in [0.25, 0.3) is 0 Å². The van der Waals surface area contributed by atoms with Gasteiger partial charge in [-0.2, -0.15) is 4.31 Å². The van der Waals surface area contributed by atoms with Crippen LogP contribution in [0.15, 0.2) is 23.1 Å². The number of nitrogens with two attached hydrogens (primary N) is 1. The average molecular weight is 312 g/mol. The number of nitrogens with zero attached hydrogens (tertiary/aromatic N) is 1. The topological polar surface area (TPSA) is 63.4 Å². The molecular formula is C14H20N2O2S2. The first-order valence-electron chi connectivity index (χ1n) is 6.83. The number of benzene rings is 1. The van der Waals surface area contributed by atoms with Gasteiger partial charge >= 0.3 is 0 Å². The van der Waals surface area contributed by atoms with Gasteiger partial charge < -0.3 is 5.73 Å². The minimum Gasteiger partial charge on any atom is -0.389 e. The predicted molar refractivity (Wildman–Crippen MR) is 84.3 cm³/mol. The van der Waals surface area contributed by atoms with Crippen LogP contribution >= 0.6 is 12.2 Å². The van der Waals surface area contributed by atoms with Crippen LogP contribution in [0.25, 0.3) is 0 Å². The van der Waals surface area contributed by atoms with Gasteiger partial charge in [0.15, 0.2) is 0 Å². The standard InChI is InChI=1S/C14H20N2O2S2/c1-11-6-7-12(14(15)19)10-13(11)20(17,18)16-8-4-2-3-5-9-16/h6-7,10H,2-5,8-9H2,1H3,(H2,15,19). The van der Waals surface area contributed by atoms with Crippen molar-refractivity contribution >= 4 is 27.2 Å². The smallest absolute Gasteiger partial charge is 0.243 e. The van der Waals surface area contributed by atoms with Crippen LogP contribution < -0.4 is 5.73 Å². The van der Waals surface area contributed by atoms with E-state index < -0.39 is 10.0 Å². The predicted octanol–water partition coefficient (Wildman–Crippen LogP) is 2.19. The van der Waals surface area contributed by atoms with E-state index in [2.05, 4.69) is 0 Å². The Morgan fingerprint density at radius 3 is 2.35 bits per heavy atom. The SMILES string of the molecule is Cc1ccc(C(N)=S)cc1S(=O)(=O)N1CCCCCC1. The van der Waals surface area contributed by atoms with Crippen molar-refractivity contribution in [3.63, 3.8) is 0 Å². The van der Waals surface area contributed by atoms with E-state index in [1.54, 1.807) is 29.4 Å². The lowest BCUT2D eigenvalue weighted by Gasteiger charge is -2.21. The molecule has 1 aliphatic rings. The maximum absolute atomic E-state index is 12.8. The third kappa shape index (κ3) is 3.19. The number of hydrogen-bond acceptors (Lipinski definition) is 3. The molecule has 2 rings (SSSR count). The molecule has 0 unspecified atom stereocenters. The molecule has 20 heavy (non-hydrogen) atoms. The largest absolute Gasteiger partial charge is 0.389 e. The molecule has 1 saturated heterocycles. The van der Waals surface area contributed by atoms with Crippen LogP contribution in [0.5, 0.6) is 0 Å². The van der Waals surface area contributed by atoms with E-state index in [9.17, 15) is 8.42 Å². The van der Waals surface area contributed by atoms with Crippen LogP contribution in [0.1, 0.15) is 36.8 Å². The summed E-state index contributed by atoms with van der Waals surface area (Å²) in [4.78, 5) is 0.544. The summed E-state index contributed by atoms with van der Waals surface area (Å²) in [5, 5.41) is 0. The van der Waals surface area contributed by atoms with Crippen molar-refractivity contribution in [2.75, 3.05) is 13.1 Å². The molecule has 0 saturated carbocycles. The molecule has 6 heteroatoms. The van der Waals surface area contributed by atoms with E-state index in [1.807, 2.05) is 0 Å². The highest BCUT2D eigenvalue weighted by atomic mass is 32.2. The highest BCUT2D eigenvalue weighted by molar-refractivity contribution is 7.89. The molecule has 4 nitrogen and oxygen atoms in total. The lowest BCUT2D eigenvalue weighted by molar-refractivity contribution is 0.423. The summed E-state index contributed by atoms with van der Waals surface area (Å²) in [6.07, 6.45) is 4.04. The van der Waals surface area contributed by atoms with Crippen LogP contribution in [-0.2, 0) is 10.0 Å². The number of thiocarbonyl (C=S) groups is 1. The van der Waals surface area contributed by atoms with Gasteiger partial charge in [0.2, 0.25) is 10.0 Å². The number of rotatable bonds is 3. The zero-order valence-corrected chi connectivity index (χ0v) is 13.3. The van der Waals surface area contributed by atoms with Gasteiger partial charge in [-0.3, -0.25) is 0 Å². The Bertz CT molecular complexity index is 604. The molecule has 2 N–H and O–H groups in total. The van der Waals surface area contributed by atoms with Crippen LogP contribution in [0.4, 0.5) is 0 Å². The number of sulfonamides is 1. The van der Waals surface area contributed by atoms with Crippen LogP contribution in [-0.4, -0.2) is 30.8 Å². The maximum Gasteiger partial charge on any atom is 0.243 e. The van der Waals surface area contributed by atoms with Crippen molar-refractivity contribution in [1.82, 2.24) is 4.31 Å². The van der Waals surface area contributed by atoms with E-state index in [4.69, 9.17) is 18.0 Å². The Morgan fingerprint density at radius 2 is 1.80 bits per heavy atom. The van der Waals surface area contributed by atoms with Crippen LogP contribution in [0.2, 0.25) is 0 Å². The maximum atomic E-state index is 12.8. The summed E-state index contributed by atoms with van der Waals surface area (Å²) in [7, 11) is -3.45. The molecular weight excluding hydrogens is 292 g/mol. The Labute approximate surface area is 126 Å². The quantitative estimate of drug-likeness (QED) is 0.869. The van der Waals surface area contributed by atoms with Crippen molar-refractivity contribution < 1.29 is 8.42 Å². The van der Waals surface area contributed by atoms with E-state index in [0.717, 1.165) is 31.2 Å². The van der Waals surface area contributed by atoms with Gasteiger partial charge in [-0.05, 0) is 31.4 Å². The zero-order valence-electron chi connectivity index (χ0n) is 11.6. The molecule has 1 fully saturated rings. The second-order valence-corrected chi connectivity index (χ2v) is 7.51. The first kappa shape index (κ1) is 15.4. The fourth-order valence-corrected chi connectivity index (χ4v) is 4.35. The highest BCUT2D eigenvalue weighted by Gasteiger charge is 2.26. The second-order valence-electron chi connectivity index (χ2n) is 5.16. The first-order valence-corrected chi connectivity index (χ1v) is 8.68. The van der Waals surface area contributed by atoms with Gasteiger partial charge in [0.05, 0.1) is 4.90 Å². The fourth-order valence-electron chi connectivity index (χ4n) is 2.45. The molecule has 0 atom stereocenters. The highest BCUT2D eigenvalue weighted by Crippen LogP contribution is 2.24. The molecule has 1 aliphatic heterocycles. The van der Waals surface area contributed by atoms with Crippen molar-refractivity contribution in [3.05, 3.63) is 29.3 Å². The molecule has 0 spiro atoms. The van der Waals surface area contributed by atoms with Crippen molar-refractivity contribution in [2.45, 2.75) is 37.5 Å². The molecule has 0 radical (unpaired) electrons. The Hall–Kier alpha value is -0.980. The molecule has 1 aromatic carbocycles. The number of aryl methyl sites for hydroxylation is 1. The van der Waals surface area contributed by atoms with Gasteiger partial charge in [-0.25, -0.2) is 8.42 Å². The van der Waals surface area contributed by atoms with Gasteiger partial charge in [-0.1, -0.05) is 37.2 Å². The molecule has 110 valence electrons. The van der Waals surface area contributed by atoms with E-state index in [-0.39, 0.29) is 4.99 Å². The summed E-state index contributed by atoms with van der Waals surface area (Å²) >= 11 is 4.94. The van der Waals surface area contributed by atoms with Gasteiger partial charge in [0, 0.05) is 18.7 Å². The molecule has 0 aromatic heterocycles. The summed E-state index contributed by atoms with van der Waals surface area (Å²) < 4.78 is 27.1. The summed E-state index contributed by atoms with van der Waals surface area (Å²) in [5.41, 5.74) is 6.93. The average Bonchev–Trinajstić information content (AvgIpc) is 2.68. The fraction of sp³-hybridized carbons (Fsp3) is 0.500. The van der Waals surface area contributed by atoms with Crippen molar-refractivity contribution in [2.24, 2.45) is 5.73 Å². The minimum absolute atomic E-state index is 0.220.